The van der Waals surface area contributed by atoms with Gasteiger partial charge in [0.05, 0.1) is 16.9 Å². The van der Waals surface area contributed by atoms with E-state index in [1.165, 1.54) is 18.2 Å². The lowest BCUT2D eigenvalue weighted by atomic mass is 10.1. The average Bonchev–Trinajstić information content (AvgIpc) is 2.41. The zero-order valence-electron chi connectivity index (χ0n) is 10.5. The molecule has 0 heterocycles. The number of carboxylic acid groups (broad SMARTS) is 1. The summed E-state index contributed by atoms with van der Waals surface area (Å²) in [7, 11) is 0. The molecular formula is C14H13N3O3. The molecule has 0 saturated heterocycles. The lowest BCUT2D eigenvalue weighted by molar-refractivity contribution is 0.0696. The van der Waals surface area contributed by atoms with E-state index < -0.39 is 11.9 Å². The van der Waals surface area contributed by atoms with Crippen LogP contribution in [-0.4, -0.2) is 17.0 Å². The number of benzene rings is 2. The molecule has 2 aromatic rings. The number of nitrogens with one attached hydrogen (secondary N) is 1. The molecule has 102 valence electrons. The fourth-order valence-electron chi connectivity index (χ4n) is 1.67. The Morgan fingerprint density at radius 1 is 1.00 bits per heavy atom. The van der Waals surface area contributed by atoms with Crippen LogP contribution in [0, 0.1) is 0 Å². The molecule has 6 heteroatoms. The van der Waals surface area contributed by atoms with Gasteiger partial charge in [-0.1, -0.05) is 0 Å². The molecule has 0 aromatic heterocycles. The normalized spacial score (nSPS) is 10.0. The van der Waals surface area contributed by atoms with Gasteiger partial charge in [-0.25, -0.2) is 4.79 Å². The number of rotatable bonds is 4. The Bertz CT molecular complexity index is 666. The molecule has 0 atom stereocenters. The molecule has 0 aliphatic rings. The van der Waals surface area contributed by atoms with Gasteiger partial charge >= 0.3 is 5.97 Å². The monoisotopic (exact) mass is 271 g/mol. The Kier molecular flexibility index (Phi) is 3.56. The van der Waals surface area contributed by atoms with Gasteiger partial charge in [0.1, 0.15) is 0 Å². The van der Waals surface area contributed by atoms with Gasteiger partial charge in [0.2, 0.25) is 5.91 Å². The van der Waals surface area contributed by atoms with Crippen LogP contribution in [0.4, 0.5) is 17.1 Å². The van der Waals surface area contributed by atoms with Gasteiger partial charge in [-0.05, 0) is 42.5 Å². The van der Waals surface area contributed by atoms with Crippen molar-refractivity contribution in [3.63, 3.8) is 0 Å². The van der Waals surface area contributed by atoms with E-state index in [2.05, 4.69) is 5.32 Å². The van der Waals surface area contributed by atoms with Crippen LogP contribution < -0.4 is 16.8 Å². The van der Waals surface area contributed by atoms with E-state index in [9.17, 15) is 9.59 Å². The minimum atomic E-state index is -1.03. The summed E-state index contributed by atoms with van der Waals surface area (Å²) in [6.45, 7) is 0. The van der Waals surface area contributed by atoms with E-state index in [4.69, 9.17) is 16.6 Å². The maximum Gasteiger partial charge on any atom is 0.335 e. The van der Waals surface area contributed by atoms with Crippen molar-refractivity contribution in [3.05, 3.63) is 53.6 Å². The fraction of sp³-hybridized carbons (Fsp3) is 0. The SMILES string of the molecule is NC(=O)c1ccc(Nc2cc(C(=O)O)ccc2N)cc1. The number of carbonyl (C=O) groups is 2. The Hall–Kier alpha value is -3.02. The topological polar surface area (TPSA) is 118 Å². The molecule has 2 aromatic carbocycles. The first kappa shape index (κ1) is 13.4. The molecule has 6 N–H and O–H groups in total. The third kappa shape index (κ3) is 2.86. The maximum absolute atomic E-state index is 11.0. The summed E-state index contributed by atoms with van der Waals surface area (Å²) in [5.41, 5.74) is 13.0. The van der Waals surface area contributed by atoms with Gasteiger partial charge in [-0.15, -0.1) is 0 Å². The summed E-state index contributed by atoms with van der Waals surface area (Å²) in [6, 6.07) is 10.9. The van der Waals surface area contributed by atoms with Gasteiger partial charge in [0, 0.05) is 11.3 Å². The highest BCUT2D eigenvalue weighted by Gasteiger charge is 2.07. The van der Waals surface area contributed by atoms with Crippen LogP contribution in [0.1, 0.15) is 20.7 Å². The molecule has 0 fully saturated rings. The summed E-state index contributed by atoms with van der Waals surface area (Å²) in [5.74, 6) is -1.54. The van der Waals surface area contributed by atoms with Crippen LogP contribution >= 0.6 is 0 Å². The Morgan fingerprint density at radius 3 is 2.15 bits per heavy atom. The van der Waals surface area contributed by atoms with Gasteiger partial charge in [-0.2, -0.15) is 0 Å². The van der Waals surface area contributed by atoms with Crippen LogP contribution in [0.5, 0.6) is 0 Å². The number of amides is 1. The maximum atomic E-state index is 11.0. The Labute approximate surface area is 115 Å². The molecule has 0 unspecified atom stereocenters. The van der Waals surface area contributed by atoms with Crippen LogP contribution in [0.3, 0.4) is 0 Å². The first-order valence-corrected chi connectivity index (χ1v) is 5.77. The smallest absolute Gasteiger partial charge is 0.335 e. The van der Waals surface area contributed by atoms with Crippen molar-refractivity contribution in [2.45, 2.75) is 0 Å². The summed E-state index contributed by atoms with van der Waals surface area (Å²) in [6.07, 6.45) is 0. The van der Waals surface area contributed by atoms with Crippen molar-refractivity contribution < 1.29 is 14.7 Å². The van der Waals surface area contributed by atoms with Crippen molar-refractivity contribution in [3.8, 4) is 0 Å². The zero-order valence-corrected chi connectivity index (χ0v) is 10.5. The molecule has 0 spiro atoms. The molecule has 20 heavy (non-hydrogen) atoms. The van der Waals surface area contributed by atoms with Crippen molar-refractivity contribution >= 4 is 28.9 Å². The van der Waals surface area contributed by atoms with Crippen LogP contribution in [0.15, 0.2) is 42.5 Å². The van der Waals surface area contributed by atoms with Crippen molar-refractivity contribution in [1.29, 1.82) is 0 Å². The molecular weight excluding hydrogens is 258 g/mol. The molecule has 0 bridgehead atoms. The number of carboxylic acids is 1. The van der Waals surface area contributed by atoms with Crippen molar-refractivity contribution in [2.24, 2.45) is 5.73 Å². The number of nitrogens with two attached hydrogens (primary N) is 2. The lowest BCUT2D eigenvalue weighted by Gasteiger charge is -2.10. The van der Waals surface area contributed by atoms with Crippen LogP contribution in [0.25, 0.3) is 0 Å². The van der Waals surface area contributed by atoms with Gasteiger partial charge < -0.3 is 21.9 Å². The lowest BCUT2D eigenvalue weighted by Crippen LogP contribution is -2.10. The first-order chi connectivity index (χ1) is 9.47. The molecule has 6 nitrogen and oxygen atoms in total. The molecule has 2 rings (SSSR count). The molecule has 0 radical (unpaired) electrons. The van der Waals surface area contributed by atoms with E-state index in [0.717, 1.165) is 0 Å². The number of carbonyl (C=O) groups excluding carboxylic acids is 1. The van der Waals surface area contributed by atoms with Gasteiger partial charge in [0.25, 0.3) is 0 Å². The summed E-state index contributed by atoms with van der Waals surface area (Å²) < 4.78 is 0. The second-order valence-corrected chi connectivity index (χ2v) is 4.17. The molecule has 0 saturated carbocycles. The quantitative estimate of drug-likeness (QED) is 0.632. The summed E-state index contributed by atoms with van der Waals surface area (Å²) >= 11 is 0. The minimum Gasteiger partial charge on any atom is -0.478 e. The van der Waals surface area contributed by atoms with E-state index in [1.807, 2.05) is 0 Å². The number of nitrogen functional groups attached to an aromatic ring is 1. The fourth-order valence-corrected chi connectivity index (χ4v) is 1.67. The summed E-state index contributed by atoms with van der Waals surface area (Å²) in [4.78, 5) is 21.9. The second-order valence-electron chi connectivity index (χ2n) is 4.17. The standard InChI is InChI=1S/C14H13N3O3/c15-11-6-3-9(14(19)20)7-12(11)17-10-4-1-8(2-5-10)13(16)18/h1-7,17H,15H2,(H2,16,18)(H,19,20). The van der Waals surface area contributed by atoms with Crippen LogP contribution in [-0.2, 0) is 0 Å². The second kappa shape index (κ2) is 5.31. The van der Waals surface area contributed by atoms with Crippen molar-refractivity contribution in [2.75, 3.05) is 11.1 Å². The highest BCUT2D eigenvalue weighted by Crippen LogP contribution is 2.24. The molecule has 0 aliphatic carbocycles. The predicted molar refractivity (Wildman–Crippen MR) is 76.1 cm³/mol. The Morgan fingerprint density at radius 2 is 1.60 bits per heavy atom. The third-order valence-corrected chi connectivity index (χ3v) is 2.75. The minimum absolute atomic E-state index is 0.135. The van der Waals surface area contributed by atoms with E-state index in [0.29, 0.717) is 22.6 Å². The zero-order chi connectivity index (χ0) is 14.7. The van der Waals surface area contributed by atoms with E-state index in [1.54, 1.807) is 24.3 Å². The summed E-state index contributed by atoms with van der Waals surface area (Å²) in [5, 5.41) is 11.9. The third-order valence-electron chi connectivity index (χ3n) is 2.75. The molecule has 1 amide bonds. The Balaban J connectivity index is 2.27. The van der Waals surface area contributed by atoms with Crippen LogP contribution in [0.2, 0.25) is 0 Å². The van der Waals surface area contributed by atoms with Gasteiger partial charge in [-0.3, -0.25) is 4.79 Å². The highest BCUT2D eigenvalue weighted by atomic mass is 16.4. The van der Waals surface area contributed by atoms with E-state index in [-0.39, 0.29) is 5.56 Å². The van der Waals surface area contributed by atoms with Crippen molar-refractivity contribution in [1.82, 2.24) is 0 Å². The van der Waals surface area contributed by atoms with E-state index >= 15 is 0 Å². The predicted octanol–water partition coefficient (Wildman–Crippen LogP) is 1.81. The largest absolute Gasteiger partial charge is 0.478 e. The number of anilines is 3. The number of hydrogen-bond donors (Lipinski definition) is 4. The average molecular weight is 271 g/mol. The number of hydrogen-bond acceptors (Lipinski definition) is 4. The first-order valence-electron chi connectivity index (χ1n) is 5.77. The number of primary amides is 1. The number of aromatic carboxylic acids is 1. The van der Waals surface area contributed by atoms with Gasteiger partial charge in [0.15, 0.2) is 0 Å². The molecule has 0 aliphatic heterocycles. The highest BCUT2D eigenvalue weighted by molar-refractivity contribution is 5.93.